The van der Waals surface area contributed by atoms with Gasteiger partial charge in [-0.1, -0.05) is 38.6 Å². The Morgan fingerprint density at radius 1 is 1.19 bits per heavy atom. The van der Waals surface area contributed by atoms with Gasteiger partial charge in [-0.3, -0.25) is 9.59 Å². The lowest BCUT2D eigenvalue weighted by atomic mass is 9.94. The van der Waals surface area contributed by atoms with E-state index in [4.69, 9.17) is 9.47 Å². The zero-order valence-electron chi connectivity index (χ0n) is 21.9. The van der Waals surface area contributed by atoms with Crippen molar-refractivity contribution in [1.82, 2.24) is 9.80 Å². The molecule has 7 heteroatoms. The quantitative estimate of drug-likeness (QED) is 0.206. The van der Waals surface area contributed by atoms with Gasteiger partial charge in [0.05, 0.1) is 11.6 Å². The van der Waals surface area contributed by atoms with Gasteiger partial charge in [-0.05, 0) is 74.4 Å². The average Bonchev–Trinajstić information content (AvgIpc) is 3.40. The summed E-state index contributed by atoms with van der Waals surface area (Å²) < 4.78 is 11.4. The maximum atomic E-state index is 13.3. The number of ether oxygens (including phenoxy) is 2. The van der Waals surface area contributed by atoms with Crippen molar-refractivity contribution in [2.45, 2.75) is 45.8 Å². The molecule has 2 aromatic carbocycles. The van der Waals surface area contributed by atoms with Crippen molar-refractivity contribution in [3.8, 4) is 11.5 Å². The second kappa shape index (κ2) is 11.6. The second-order valence-corrected chi connectivity index (χ2v) is 9.50. The van der Waals surface area contributed by atoms with E-state index in [1.54, 1.807) is 17.0 Å². The number of hydrogen-bond donors (Lipinski definition) is 1. The molecule has 196 valence electrons. The molecule has 2 heterocycles. The third-order valence-electron chi connectivity index (χ3n) is 7.04. The third-order valence-corrected chi connectivity index (χ3v) is 7.04. The highest BCUT2D eigenvalue weighted by atomic mass is 16.5. The molecule has 1 fully saturated rings. The predicted octanol–water partition coefficient (Wildman–Crippen LogP) is 4.73. The van der Waals surface area contributed by atoms with Crippen molar-refractivity contribution in [3.05, 3.63) is 77.4 Å². The van der Waals surface area contributed by atoms with Gasteiger partial charge < -0.3 is 24.4 Å². The Labute approximate surface area is 219 Å². The molecule has 1 N–H and O–H groups in total. The lowest BCUT2D eigenvalue weighted by molar-refractivity contribution is -0.140. The summed E-state index contributed by atoms with van der Waals surface area (Å²) in [7, 11) is 0. The van der Waals surface area contributed by atoms with E-state index in [0.29, 0.717) is 24.5 Å². The predicted molar refractivity (Wildman–Crippen MR) is 144 cm³/mol. The third kappa shape index (κ3) is 5.57. The smallest absolute Gasteiger partial charge is 0.295 e. The lowest BCUT2D eigenvalue weighted by Crippen LogP contribution is -2.33. The van der Waals surface area contributed by atoms with E-state index in [0.717, 1.165) is 49.4 Å². The summed E-state index contributed by atoms with van der Waals surface area (Å²) in [6.45, 7) is 13.3. The number of ketones is 1. The summed E-state index contributed by atoms with van der Waals surface area (Å²) in [5, 5.41) is 11.4. The lowest BCUT2D eigenvalue weighted by Gasteiger charge is -2.27. The van der Waals surface area contributed by atoms with Crippen molar-refractivity contribution in [3.63, 3.8) is 0 Å². The summed E-state index contributed by atoms with van der Waals surface area (Å²) in [6, 6.07) is 12.0. The first-order chi connectivity index (χ1) is 17.9. The molecule has 4 rings (SSSR count). The Kier molecular flexibility index (Phi) is 8.34. The molecule has 1 saturated heterocycles. The Morgan fingerprint density at radius 3 is 2.59 bits per heavy atom. The van der Waals surface area contributed by atoms with Gasteiger partial charge in [0.1, 0.15) is 30.0 Å². The highest BCUT2D eigenvalue weighted by Gasteiger charge is 2.46. The van der Waals surface area contributed by atoms with E-state index >= 15 is 0 Å². The highest BCUT2D eigenvalue weighted by molar-refractivity contribution is 6.46. The van der Waals surface area contributed by atoms with E-state index < -0.39 is 17.7 Å². The monoisotopic (exact) mass is 504 g/mol. The molecular weight excluding hydrogens is 468 g/mol. The van der Waals surface area contributed by atoms with Crippen molar-refractivity contribution in [2.75, 3.05) is 32.8 Å². The standard InChI is InChI=1S/C30H36N2O5/c1-5-17-36-24-12-9-21(10-13-24)27-26(28(33)22-11-14-25-23(19-22)18-20(4)37-25)29(34)30(35)32(27)16-8-15-31(6-2)7-3/h5,9-14,19-20,27,33H,1,6-8,15-18H2,2-4H3/b28-26+/t20-,27+/m0/s1. The van der Waals surface area contributed by atoms with E-state index in [9.17, 15) is 14.7 Å². The van der Waals surface area contributed by atoms with E-state index in [1.807, 2.05) is 43.3 Å². The maximum absolute atomic E-state index is 13.3. The van der Waals surface area contributed by atoms with Gasteiger partial charge in [-0.15, -0.1) is 0 Å². The van der Waals surface area contributed by atoms with Crippen molar-refractivity contribution < 1.29 is 24.2 Å². The zero-order chi connectivity index (χ0) is 26.5. The van der Waals surface area contributed by atoms with Crippen molar-refractivity contribution >= 4 is 17.4 Å². The van der Waals surface area contributed by atoms with Crippen LogP contribution in [-0.4, -0.2) is 65.5 Å². The van der Waals surface area contributed by atoms with Crippen LogP contribution in [0, 0.1) is 0 Å². The molecule has 2 aliphatic rings. The molecular formula is C30H36N2O5. The molecule has 0 saturated carbocycles. The molecule has 0 unspecified atom stereocenters. The first kappa shape index (κ1) is 26.5. The summed E-state index contributed by atoms with van der Waals surface area (Å²) in [5.41, 5.74) is 2.34. The Balaban J connectivity index is 1.71. The fourth-order valence-electron chi connectivity index (χ4n) is 5.09. The molecule has 0 spiro atoms. The first-order valence-corrected chi connectivity index (χ1v) is 13.0. The van der Waals surface area contributed by atoms with Crippen molar-refractivity contribution in [2.24, 2.45) is 0 Å². The fourth-order valence-corrected chi connectivity index (χ4v) is 5.09. The number of hydrogen-bond acceptors (Lipinski definition) is 6. The number of aliphatic hydroxyl groups excluding tert-OH is 1. The van der Waals surface area contributed by atoms with Crippen LogP contribution in [0.15, 0.2) is 60.7 Å². The normalized spacial score (nSPS) is 20.3. The number of amides is 1. The Morgan fingerprint density at radius 2 is 1.92 bits per heavy atom. The molecule has 0 radical (unpaired) electrons. The molecule has 7 nitrogen and oxygen atoms in total. The summed E-state index contributed by atoms with van der Waals surface area (Å²) in [6.07, 6.45) is 3.18. The van der Waals surface area contributed by atoms with Crippen LogP contribution in [0.3, 0.4) is 0 Å². The SMILES string of the molecule is C=CCOc1ccc([C@@H]2/C(=C(\O)c3ccc4c(c3)C[C@H](C)O4)C(=O)C(=O)N2CCCN(CC)CC)cc1. The van der Waals surface area contributed by atoms with Crippen LogP contribution < -0.4 is 9.47 Å². The number of fused-ring (bicyclic) bond motifs is 1. The Bertz CT molecular complexity index is 1180. The summed E-state index contributed by atoms with van der Waals surface area (Å²) in [4.78, 5) is 30.5. The fraction of sp³-hybridized carbons (Fsp3) is 0.400. The number of aliphatic hydroxyl groups is 1. The first-order valence-electron chi connectivity index (χ1n) is 13.0. The molecule has 0 bridgehead atoms. The maximum Gasteiger partial charge on any atom is 0.295 e. The van der Waals surface area contributed by atoms with Gasteiger partial charge in [0, 0.05) is 18.5 Å². The Hall–Kier alpha value is -3.58. The largest absolute Gasteiger partial charge is 0.507 e. The van der Waals surface area contributed by atoms with Crippen LogP contribution in [0.25, 0.3) is 5.76 Å². The minimum atomic E-state index is -0.686. The molecule has 0 aliphatic carbocycles. The van der Waals surface area contributed by atoms with E-state index in [-0.39, 0.29) is 17.4 Å². The van der Waals surface area contributed by atoms with Crippen LogP contribution >= 0.6 is 0 Å². The topological polar surface area (TPSA) is 79.3 Å². The summed E-state index contributed by atoms with van der Waals surface area (Å²) in [5.74, 6) is 0.0324. The van der Waals surface area contributed by atoms with Gasteiger partial charge >= 0.3 is 0 Å². The average molecular weight is 505 g/mol. The number of rotatable bonds is 11. The van der Waals surface area contributed by atoms with Crippen LogP contribution in [0.4, 0.5) is 0 Å². The van der Waals surface area contributed by atoms with Crippen molar-refractivity contribution in [1.29, 1.82) is 0 Å². The minimum absolute atomic E-state index is 0.0607. The van der Waals surface area contributed by atoms with Crippen LogP contribution in [0.5, 0.6) is 11.5 Å². The van der Waals surface area contributed by atoms with Gasteiger partial charge in [0.2, 0.25) is 0 Å². The van der Waals surface area contributed by atoms with E-state index in [1.165, 1.54) is 0 Å². The summed E-state index contributed by atoms with van der Waals surface area (Å²) >= 11 is 0. The minimum Gasteiger partial charge on any atom is -0.507 e. The zero-order valence-corrected chi connectivity index (χ0v) is 21.9. The van der Waals surface area contributed by atoms with Gasteiger partial charge in [-0.25, -0.2) is 0 Å². The molecule has 2 atom stereocenters. The second-order valence-electron chi connectivity index (χ2n) is 9.50. The molecule has 2 aliphatic heterocycles. The molecule has 0 aromatic heterocycles. The van der Waals surface area contributed by atoms with Crippen LogP contribution in [0.2, 0.25) is 0 Å². The number of benzene rings is 2. The number of Topliss-reactive ketones (excluding diaryl/α,β-unsaturated/α-hetero) is 1. The van der Waals surface area contributed by atoms with Gasteiger partial charge in [0.15, 0.2) is 0 Å². The van der Waals surface area contributed by atoms with Crippen LogP contribution in [-0.2, 0) is 16.0 Å². The van der Waals surface area contributed by atoms with Crippen LogP contribution in [0.1, 0.15) is 49.9 Å². The molecule has 37 heavy (non-hydrogen) atoms. The van der Waals surface area contributed by atoms with E-state index in [2.05, 4.69) is 25.3 Å². The highest BCUT2D eigenvalue weighted by Crippen LogP contribution is 2.41. The molecule has 1 amide bonds. The number of carbonyl (C=O) groups excluding carboxylic acids is 2. The van der Waals surface area contributed by atoms with Gasteiger partial charge in [0.25, 0.3) is 11.7 Å². The number of carbonyl (C=O) groups is 2. The number of nitrogens with zero attached hydrogens (tertiary/aromatic N) is 2. The molecule has 2 aromatic rings. The van der Waals surface area contributed by atoms with Gasteiger partial charge in [-0.2, -0.15) is 0 Å². The number of likely N-dealkylation sites (tertiary alicyclic amines) is 1.